The molecule has 2 amide bonds. The number of aryl methyl sites for hydroxylation is 1. The van der Waals surface area contributed by atoms with Gasteiger partial charge in [-0.15, -0.1) is 0 Å². The first-order valence-electron chi connectivity index (χ1n) is 10.7. The molecule has 1 aliphatic rings. The summed E-state index contributed by atoms with van der Waals surface area (Å²) in [6, 6.07) is 16.2. The molecule has 0 spiro atoms. The second-order valence-electron chi connectivity index (χ2n) is 7.97. The lowest BCUT2D eigenvalue weighted by Gasteiger charge is -2.32. The van der Waals surface area contributed by atoms with E-state index in [4.69, 9.17) is 4.42 Å². The van der Waals surface area contributed by atoms with Crippen molar-refractivity contribution in [1.29, 1.82) is 0 Å². The topological polar surface area (TPSA) is 109 Å². The zero-order chi connectivity index (χ0) is 23.4. The van der Waals surface area contributed by atoms with Crippen molar-refractivity contribution in [2.75, 3.05) is 17.8 Å². The Labute approximate surface area is 192 Å². The van der Waals surface area contributed by atoms with Gasteiger partial charge in [-0.3, -0.25) is 14.3 Å². The van der Waals surface area contributed by atoms with Crippen LogP contribution in [0, 0.1) is 6.92 Å². The van der Waals surface area contributed by atoms with E-state index in [1.165, 1.54) is 30.5 Å². The molecule has 3 aromatic rings. The van der Waals surface area contributed by atoms with Crippen LogP contribution >= 0.6 is 0 Å². The minimum Gasteiger partial charge on any atom is -0.459 e. The first kappa shape index (κ1) is 22.6. The van der Waals surface area contributed by atoms with Crippen molar-refractivity contribution < 1.29 is 22.4 Å². The third kappa shape index (κ3) is 5.25. The van der Waals surface area contributed by atoms with Crippen molar-refractivity contribution in [3.63, 3.8) is 0 Å². The summed E-state index contributed by atoms with van der Waals surface area (Å²) in [5.41, 5.74) is 1.67. The molecule has 2 aromatic carbocycles. The molecule has 0 aliphatic carbocycles. The molecule has 2 heterocycles. The molecule has 0 bridgehead atoms. The fraction of sp³-hybridized carbons (Fsp3) is 0.250. The van der Waals surface area contributed by atoms with Crippen LogP contribution in [-0.4, -0.2) is 44.3 Å². The molecule has 9 heteroatoms. The minimum atomic E-state index is -3.74. The number of furan rings is 1. The first-order valence-corrected chi connectivity index (χ1v) is 12.1. The molecule has 8 nitrogen and oxygen atoms in total. The maximum absolute atomic E-state index is 12.9. The van der Waals surface area contributed by atoms with Crippen molar-refractivity contribution in [3.05, 3.63) is 83.8 Å². The highest BCUT2D eigenvalue weighted by molar-refractivity contribution is 7.92. The summed E-state index contributed by atoms with van der Waals surface area (Å²) in [5.74, 6) is -0.102. The van der Waals surface area contributed by atoms with Gasteiger partial charge in [-0.25, -0.2) is 8.42 Å². The lowest BCUT2D eigenvalue weighted by atomic mass is 10.0. The molecule has 1 aromatic heterocycles. The summed E-state index contributed by atoms with van der Waals surface area (Å²) in [4.78, 5) is 27.0. The quantitative estimate of drug-likeness (QED) is 0.577. The highest BCUT2D eigenvalue weighted by Gasteiger charge is 2.26. The van der Waals surface area contributed by atoms with E-state index in [1.54, 1.807) is 41.3 Å². The molecule has 1 aliphatic heterocycles. The average Bonchev–Trinajstić information content (AvgIpc) is 3.25. The highest BCUT2D eigenvalue weighted by Crippen LogP contribution is 2.19. The number of para-hydroxylation sites is 1. The van der Waals surface area contributed by atoms with Crippen LogP contribution in [0.25, 0.3) is 0 Å². The monoisotopic (exact) mass is 467 g/mol. The fourth-order valence-corrected chi connectivity index (χ4v) is 4.82. The molecule has 172 valence electrons. The summed E-state index contributed by atoms with van der Waals surface area (Å²) < 4.78 is 32.9. The number of benzene rings is 2. The van der Waals surface area contributed by atoms with Crippen molar-refractivity contribution in [2.24, 2.45) is 0 Å². The standard InChI is InChI=1S/C24H25N3O5S/c1-17-13-16-32-22(17)23(28)25-19-11-14-27(15-12-19)24(29)18-7-9-21(10-8-18)33(30,31)26-20-5-3-2-4-6-20/h2-10,13,16,19,26H,11-12,14-15H2,1H3,(H,25,28). The smallest absolute Gasteiger partial charge is 0.287 e. The Morgan fingerprint density at radius 2 is 1.64 bits per heavy atom. The predicted molar refractivity (Wildman–Crippen MR) is 124 cm³/mol. The molecule has 1 saturated heterocycles. The van der Waals surface area contributed by atoms with Crippen LogP contribution < -0.4 is 10.0 Å². The van der Waals surface area contributed by atoms with Gasteiger partial charge in [0.25, 0.3) is 21.8 Å². The van der Waals surface area contributed by atoms with Gasteiger partial charge in [0.1, 0.15) is 0 Å². The average molecular weight is 468 g/mol. The molecular formula is C24H25N3O5S. The number of amides is 2. The van der Waals surface area contributed by atoms with Crippen LogP contribution in [0.3, 0.4) is 0 Å². The van der Waals surface area contributed by atoms with Gasteiger partial charge in [-0.2, -0.15) is 0 Å². The minimum absolute atomic E-state index is 0.0392. The Morgan fingerprint density at radius 1 is 0.970 bits per heavy atom. The maximum Gasteiger partial charge on any atom is 0.287 e. The van der Waals surface area contributed by atoms with Gasteiger partial charge >= 0.3 is 0 Å². The number of nitrogens with one attached hydrogen (secondary N) is 2. The predicted octanol–water partition coefficient (Wildman–Crippen LogP) is 3.42. The van der Waals surface area contributed by atoms with Crippen LogP contribution in [0.1, 0.15) is 39.3 Å². The van der Waals surface area contributed by atoms with E-state index in [9.17, 15) is 18.0 Å². The van der Waals surface area contributed by atoms with E-state index in [2.05, 4.69) is 10.0 Å². The number of likely N-dealkylation sites (tertiary alicyclic amines) is 1. The number of nitrogens with zero attached hydrogens (tertiary/aromatic N) is 1. The molecule has 2 N–H and O–H groups in total. The number of carbonyl (C=O) groups excluding carboxylic acids is 2. The number of anilines is 1. The second-order valence-corrected chi connectivity index (χ2v) is 9.65. The Balaban J connectivity index is 1.33. The van der Waals surface area contributed by atoms with Crippen LogP contribution in [0.2, 0.25) is 0 Å². The SMILES string of the molecule is Cc1ccoc1C(=O)NC1CCN(C(=O)c2ccc(S(=O)(=O)Nc3ccccc3)cc2)CC1. The summed E-state index contributed by atoms with van der Waals surface area (Å²) in [5, 5.41) is 2.96. The number of hydrogen-bond acceptors (Lipinski definition) is 5. The molecule has 1 fully saturated rings. The lowest BCUT2D eigenvalue weighted by Crippen LogP contribution is -2.46. The molecule has 0 saturated carbocycles. The number of rotatable bonds is 6. The molecule has 0 unspecified atom stereocenters. The highest BCUT2D eigenvalue weighted by atomic mass is 32.2. The number of carbonyl (C=O) groups is 2. The van der Waals surface area contributed by atoms with Crippen molar-refractivity contribution in [2.45, 2.75) is 30.7 Å². The number of sulfonamides is 1. The summed E-state index contributed by atoms with van der Waals surface area (Å²) in [7, 11) is -3.74. The first-order chi connectivity index (χ1) is 15.8. The van der Waals surface area contributed by atoms with Crippen LogP contribution in [0.5, 0.6) is 0 Å². The van der Waals surface area contributed by atoms with Gasteiger partial charge in [-0.05, 0) is 62.2 Å². The van der Waals surface area contributed by atoms with E-state index < -0.39 is 10.0 Å². The molecule has 4 rings (SSSR count). The van der Waals surface area contributed by atoms with Gasteiger partial charge in [-0.1, -0.05) is 18.2 Å². The third-order valence-corrected chi connectivity index (χ3v) is 7.02. The van der Waals surface area contributed by atoms with Crippen molar-refractivity contribution in [3.8, 4) is 0 Å². The molecule has 0 atom stereocenters. The maximum atomic E-state index is 12.9. The Kier molecular flexibility index (Phi) is 6.50. The fourth-order valence-electron chi connectivity index (χ4n) is 3.76. The molecular weight excluding hydrogens is 442 g/mol. The van der Waals surface area contributed by atoms with Gasteiger partial charge in [0.2, 0.25) is 0 Å². The van der Waals surface area contributed by atoms with Crippen LogP contribution in [0.4, 0.5) is 5.69 Å². The summed E-state index contributed by atoms with van der Waals surface area (Å²) in [6.07, 6.45) is 2.75. The van der Waals surface area contributed by atoms with Gasteiger partial charge in [0.05, 0.1) is 11.2 Å². The Morgan fingerprint density at radius 3 is 2.24 bits per heavy atom. The van der Waals surface area contributed by atoms with E-state index >= 15 is 0 Å². The largest absolute Gasteiger partial charge is 0.459 e. The lowest BCUT2D eigenvalue weighted by molar-refractivity contribution is 0.0695. The zero-order valence-corrected chi connectivity index (χ0v) is 19.0. The van der Waals surface area contributed by atoms with E-state index in [0.29, 0.717) is 42.9 Å². The van der Waals surface area contributed by atoms with Crippen molar-refractivity contribution in [1.82, 2.24) is 10.2 Å². The number of hydrogen-bond donors (Lipinski definition) is 2. The Bertz CT molecular complexity index is 1230. The van der Waals surface area contributed by atoms with Crippen molar-refractivity contribution >= 4 is 27.5 Å². The van der Waals surface area contributed by atoms with Crippen LogP contribution in [0.15, 0.2) is 76.2 Å². The second kappa shape index (κ2) is 9.50. The normalized spacial score (nSPS) is 14.6. The number of piperidine rings is 1. The van der Waals surface area contributed by atoms with Gasteiger partial charge in [0, 0.05) is 35.9 Å². The van der Waals surface area contributed by atoms with E-state index in [1.807, 2.05) is 6.92 Å². The Hall–Kier alpha value is -3.59. The van der Waals surface area contributed by atoms with E-state index in [-0.39, 0.29) is 22.8 Å². The molecule has 0 radical (unpaired) electrons. The van der Waals surface area contributed by atoms with Crippen LogP contribution in [-0.2, 0) is 10.0 Å². The van der Waals surface area contributed by atoms with E-state index in [0.717, 1.165) is 5.56 Å². The third-order valence-electron chi connectivity index (χ3n) is 5.62. The summed E-state index contributed by atoms with van der Waals surface area (Å²) in [6.45, 7) is 2.81. The van der Waals surface area contributed by atoms with Gasteiger partial charge in [0.15, 0.2) is 5.76 Å². The zero-order valence-electron chi connectivity index (χ0n) is 18.2. The van der Waals surface area contributed by atoms with Gasteiger partial charge < -0.3 is 14.6 Å². The molecule has 33 heavy (non-hydrogen) atoms. The summed E-state index contributed by atoms with van der Waals surface area (Å²) >= 11 is 0.